The van der Waals surface area contributed by atoms with Gasteiger partial charge < -0.3 is 4.90 Å². The Balaban J connectivity index is 1.59. The van der Waals surface area contributed by atoms with Crippen molar-refractivity contribution < 1.29 is 8.42 Å². The molecule has 4 rings (SSSR count). The molecule has 2 heterocycles. The number of sulfonamides is 1. The molecule has 0 aliphatic carbocycles. The Morgan fingerprint density at radius 3 is 2.23 bits per heavy atom. The average molecular weight is 493 g/mol. The molecule has 2 aromatic carbocycles. The Morgan fingerprint density at radius 2 is 1.63 bits per heavy atom. The zero-order chi connectivity index (χ0) is 25.0. The molecule has 1 aliphatic heterocycles. The van der Waals surface area contributed by atoms with Gasteiger partial charge in [0.1, 0.15) is 6.04 Å². The van der Waals surface area contributed by atoms with Crippen LogP contribution in [0.15, 0.2) is 72.0 Å². The van der Waals surface area contributed by atoms with Gasteiger partial charge in [0.05, 0.1) is 6.26 Å². The number of benzene rings is 2. The molecule has 1 aliphatic rings. The maximum Gasteiger partial charge on any atom is 0.211 e. The summed E-state index contributed by atoms with van der Waals surface area (Å²) in [5, 5.41) is 3.50. The summed E-state index contributed by atoms with van der Waals surface area (Å²) in [5.41, 5.74) is 6.29. The Morgan fingerprint density at radius 1 is 0.943 bits per heavy atom. The van der Waals surface area contributed by atoms with Gasteiger partial charge in [0.2, 0.25) is 10.0 Å². The highest BCUT2D eigenvalue weighted by Gasteiger charge is 2.25. The molecule has 8 heteroatoms. The van der Waals surface area contributed by atoms with Crippen molar-refractivity contribution in [1.29, 1.82) is 0 Å². The van der Waals surface area contributed by atoms with Crippen LogP contribution in [0.2, 0.25) is 0 Å². The maximum absolute atomic E-state index is 11.9. The lowest BCUT2D eigenvalue weighted by atomic mass is 9.82. The van der Waals surface area contributed by atoms with Gasteiger partial charge in [-0.1, -0.05) is 41.6 Å². The SMILES string of the molecule is Cc1cc(C(C[C@H](c2ccc(N3CCN(S(C)(=O)=O)CC3)cc2)c2ccccc2C)N=O)ccn1. The molecule has 1 unspecified atom stereocenters. The second-order valence-corrected chi connectivity index (χ2v) is 11.2. The molecular weight excluding hydrogens is 460 g/mol. The van der Waals surface area contributed by atoms with E-state index in [-0.39, 0.29) is 5.92 Å². The summed E-state index contributed by atoms with van der Waals surface area (Å²) in [5.74, 6) is 0.00324. The molecule has 0 N–H and O–H groups in total. The second-order valence-electron chi connectivity index (χ2n) is 9.24. The average Bonchev–Trinajstić information content (AvgIpc) is 2.85. The van der Waals surface area contributed by atoms with E-state index in [9.17, 15) is 13.3 Å². The van der Waals surface area contributed by atoms with Crippen LogP contribution in [0.1, 0.15) is 46.3 Å². The zero-order valence-electron chi connectivity index (χ0n) is 20.5. The van der Waals surface area contributed by atoms with Gasteiger partial charge in [0, 0.05) is 49.7 Å². The third-order valence-electron chi connectivity index (χ3n) is 6.82. The number of aromatic nitrogens is 1. The predicted octanol–water partition coefficient (Wildman–Crippen LogP) is 4.81. The van der Waals surface area contributed by atoms with Crippen LogP contribution in [-0.2, 0) is 10.0 Å². The lowest BCUT2D eigenvalue weighted by Crippen LogP contribution is -2.48. The Labute approximate surface area is 207 Å². The fourth-order valence-corrected chi connectivity index (χ4v) is 5.68. The van der Waals surface area contributed by atoms with E-state index in [0.29, 0.717) is 32.6 Å². The van der Waals surface area contributed by atoms with E-state index in [0.717, 1.165) is 22.5 Å². The van der Waals surface area contributed by atoms with Crippen molar-refractivity contribution in [3.05, 3.63) is 99.7 Å². The van der Waals surface area contributed by atoms with Crippen LogP contribution in [0, 0.1) is 18.8 Å². The number of piperazine rings is 1. The van der Waals surface area contributed by atoms with E-state index in [2.05, 4.69) is 58.4 Å². The van der Waals surface area contributed by atoms with E-state index in [1.165, 1.54) is 21.7 Å². The largest absolute Gasteiger partial charge is 0.369 e. The number of nitrogens with zero attached hydrogens (tertiary/aromatic N) is 4. The minimum atomic E-state index is -3.16. The van der Waals surface area contributed by atoms with Crippen LogP contribution in [0.5, 0.6) is 0 Å². The van der Waals surface area contributed by atoms with Crippen molar-refractivity contribution >= 4 is 15.7 Å². The predicted molar refractivity (Wildman–Crippen MR) is 140 cm³/mol. The third-order valence-corrected chi connectivity index (χ3v) is 8.13. The maximum atomic E-state index is 11.9. The second kappa shape index (κ2) is 10.7. The number of anilines is 1. The highest BCUT2D eigenvalue weighted by atomic mass is 32.2. The lowest BCUT2D eigenvalue weighted by molar-refractivity contribution is 0.388. The topological polar surface area (TPSA) is 82.9 Å². The molecule has 0 amide bonds. The van der Waals surface area contributed by atoms with Crippen LogP contribution in [0.3, 0.4) is 0 Å². The quantitative estimate of drug-likeness (QED) is 0.422. The molecule has 0 bridgehead atoms. The van der Waals surface area contributed by atoms with Crippen LogP contribution >= 0.6 is 0 Å². The molecule has 184 valence electrons. The van der Waals surface area contributed by atoms with Gasteiger partial charge in [-0.15, -0.1) is 0 Å². The van der Waals surface area contributed by atoms with Crippen molar-refractivity contribution in [3.63, 3.8) is 0 Å². The van der Waals surface area contributed by atoms with Crippen molar-refractivity contribution in [1.82, 2.24) is 9.29 Å². The first-order valence-corrected chi connectivity index (χ1v) is 13.7. The van der Waals surface area contributed by atoms with Gasteiger partial charge in [0.25, 0.3) is 0 Å². The minimum absolute atomic E-state index is 0.00324. The van der Waals surface area contributed by atoms with Gasteiger partial charge in [-0.2, -0.15) is 9.21 Å². The van der Waals surface area contributed by atoms with Crippen LogP contribution in [0.4, 0.5) is 5.69 Å². The summed E-state index contributed by atoms with van der Waals surface area (Å²) in [6, 6.07) is 20.0. The smallest absolute Gasteiger partial charge is 0.211 e. The van der Waals surface area contributed by atoms with Crippen LogP contribution < -0.4 is 4.90 Å². The molecule has 35 heavy (non-hydrogen) atoms. The summed E-state index contributed by atoms with van der Waals surface area (Å²) in [4.78, 5) is 18.4. The highest BCUT2D eigenvalue weighted by molar-refractivity contribution is 7.88. The first-order valence-electron chi connectivity index (χ1n) is 11.9. The van der Waals surface area contributed by atoms with Crippen molar-refractivity contribution in [3.8, 4) is 0 Å². The number of nitroso groups, excluding NO2 is 1. The fraction of sp³-hybridized carbons (Fsp3) is 0.370. The van der Waals surface area contributed by atoms with E-state index < -0.39 is 16.1 Å². The molecule has 0 spiro atoms. The number of hydrogen-bond acceptors (Lipinski definition) is 6. The molecule has 1 aromatic heterocycles. The van der Waals surface area contributed by atoms with Crippen molar-refractivity contribution in [2.24, 2.45) is 5.18 Å². The number of hydrogen-bond donors (Lipinski definition) is 0. The molecule has 7 nitrogen and oxygen atoms in total. The van der Waals surface area contributed by atoms with Gasteiger partial charge in [-0.25, -0.2) is 8.42 Å². The number of rotatable bonds is 8. The summed E-state index contributed by atoms with van der Waals surface area (Å²) >= 11 is 0. The first-order chi connectivity index (χ1) is 16.8. The third kappa shape index (κ3) is 5.94. The van der Waals surface area contributed by atoms with Crippen molar-refractivity contribution in [2.75, 3.05) is 37.3 Å². The van der Waals surface area contributed by atoms with Crippen LogP contribution in [0.25, 0.3) is 0 Å². The van der Waals surface area contributed by atoms with Gasteiger partial charge in [-0.3, -0.25) is 4.98 Å². The number of pyridine rings is 1. The molecule has 1 saturated heterocycles. The summed E-state index contributed by atoms with van der Waals surface area (Å²) < 4.78 is 25.2. The monoisotopic (exact) mass is 492 g/mol. The Bertz CT molecular complexity index is 1270. The lowest BCUT2D eigenvalue weighted by Gasteiger charge is -2.35. The minimum Gasteiger partial charge on any atom is -0.369 e. The molecular formula is C27H32N4O3S. The van der Waals surface area contributed by atoms with E-state index >= 15 is 0 Å². The van der Waals surface area contributed by atoms with Crippen molar-refractivity contribution in [2.45, 2.75) is 32.2 Å². The summed E-state index contributed by atoms with van der Waals surface area (Å²) in [6.45, 7) is 6.31. The van der Waals surface area contributed by atoms with Gasteiger partial charge in [-0.05, 0) is 66.8 Å². The summed E-state index contributed by atoms with van der Waals surface area (Å²) in [6.07, 6.45) is 3.55. The molecule has 0 radical (unpaired) electrons. The highest BCUT2D eigenvalue weighted by Crippen LogP contribution is 2.37. The molecule has 2 atom stereocenters. The fourth-order valence-electron chi connectivity index (χ4n) is 4.85. The van der Waals surface area contributed by atoms with E-state index in [1.807, 2.05) is 31.2 Å². The van der Waals surface area contributed by atoms with Gasteiger partial charge in [0.15, 0.2) is 0 Å². The molecule has 0 saturated carbocycles. The number of aryl methyl sites for hydroxylation is 2. The van der Waals surface area contributed by atoms with E-state index in [4.69, 9.17) is 0 Å². The molecule has 3 aromatic rings. The molecule has 1 fully saturated rings. The Kier molecular flexibility index (Phi) is 7.62. The summed E-state index contributed by atoms with van der Waals surface area (Å²) in [7, 11) is -3.16. The standard InChI is InChI=1S/C27H32N4O3S/c1-20-6-4-5-7-25(20)26(19-27(29-32)23-12-13-28-21(2)18-23)22-8-10-24(11-9-22)30-14-16-31(17-15-30)35(3,33)34/h4-13,18,26-27H,14-17,19H2,1-3H3/t26-,27?/m1/s1. The van der Waals surface area contributed by atoms with E-state index in [1.54, 1.807) is 6.20 Å². The Hall–Kier alpha value is -3.10. The van der Waals surface area contributed by atoms with Gasteiger partial charge >= 0.3 is 0 Å². The zero-order valence-corrected chi connectivity index (χ0v) is 21.3. The first kappa shape index (κ1) is 25.0. The van der Waals surface area contributed by atoms with Crippen LogP contribution in [-0.4, -0.2) is 50.1 Å². The normalized spacial score (nSPS) is 16.6.